The maximum absolute atomic E-state index is 2.36. The fraction of sp³-hybridized carbons (Fsp3) is 0.375. The molecule has 0 N–H and O–H groups in total. The van der Waals surface area contributed by atoms with E-state index in [1.54, 1.807) is 0 Å². The molecule has 17 heavy (non-hydrogen) atoms. The zero-order valence-corrected chi connectivity index (χ0v) is 11.8. The molecule has 0 spiro atoms. The Morgan fingerprint density at radius 1 is 0.941 bits per heavy atom. The first-order valence-corrected chi connectivity index (χ1v) is 7.15. The lowest BCUT2D eigenvalue weighted by molar-refractivity contribution is 0.872. The van der Waals surface area contributed by atoms with Gasteiger partial charge in [0.1, 0.15) is 0 Å². The predicted octanol–water partition coefficient (Wildman–Crippen LogP) is 5.46. The number of benzene rings is 2. The van der Waals surface area contributed by atoms with Crippen LogP contribution in [-0.2, 0) is 0 Å². The van der Waals surface area contributed by atoms with Gasteiger partial charge in [0.15, 0.2) is 0 Å². The summed E-state index contributed by atoms with van der Waals surface area (Å²) >= 11 is 1.94. The van der Waals surface area contributed by atoms with E-state index < -0.39 is 0 Å². The lowest BCUT2D eigenvalue weighted by atomic mass is 9.96. The summed E-state index contributed by atoms with van der Waals surface area (Å²) in [4.78, 5) is 1.39. The minimum Gasteiger partial charge on any atom is -0.123 e. The Hall–Kier alpha value is -0.950. The van der Waals surface area contributed by atoms with Crippen LogP contribution < -0.4 is 0 Å². The van der Waals surface area contributed by atoms with Gasteiger partial charge in [-0.2, -0.15) is 0 Å². The van der Waals surface area contributed by atoms with E-state index in [4.69, 9.17) is 0 Å². The zero-order valence-electron chi connectivity index (χ0n) is 11.0. The standard InChI is InChI=1S/C16H20S/c1-11(2)16-10-14(17-12(3)4)9-13-7-5-6-8-15(13)16/h5-12H,1-4H3. The fourth-order valence-electron chi connectivity index (χ4n) is 2.13. The van der Waals surface area contributed by atoms with Crippen LogP contribution >= 0.6 is 11.8 Å². The van der Waals surface area contributed by atoms with Crippen LogP contribution in [-0.4, -0.2) is 5.25 Å². The average Bonchev–Trinajstić information content (AvgIpc) is 2.27. The molecule has 0 radical (unpaired) electrons. The summed E-state index contributed by atoms with van der Waals surface area (Å²) < 4.78 is 0. The second-order valence-corrected chi connectivity index (χ2v) is 6.70. The van der Waals surface area contributed by atoms with Gasteiger partial charge in [0.25, 0.3) is 0 Å². The molecular formula is C16H20S. The molecule has 0 saturated carbocycles. The Labute approximate surface area is 108 Å². The van der Waals surface area contributed by atoms with Gasteiger partial charge in [-0.1, -0.05) is 52.0 Å². The van der Waals surface area contributed by atoms with Crippen LogP contribution in [0.1, 0.15) is 39.2 Å². The highest BCUT2D eigenvalue weighted by molar-refractivity contribution is 7.99. The van der Waals surface area contributed by atoms with Crippen molar-refractivity contribution >= 4 is 22.5 Å². The van der Waals surface area contributed by atoms with Gasteiger partial charge < -0.3 is 0 Å². The van der Waals surface area contributed by atoms with Gasteiger partial charge >= 0.3 is 0 Å². The quantitative estimate of drug-likeness (QED) is 0.646. The third-order valence-corrected chi connectivity index (χ3v) is 3.84. The maximum Gasteiger partial charge on any atom is 0.00838 e. The first-order valence-electron chi connectivity index (χ1n) is 6.27. The third kappa shape index (κ3) is 2.84. The average molecular weight is 244 g/mol. The van der Waals surface area contributed by atoms with Crippen molar-refractivity contribution in [3.05, 3.63) is 42.0 Å². The summed E-state index contributed by atoms with van der Waals surface area (Å²) in [5.74, 6) is 0.576. The predicted molar refractivity (Wildman–Crippen MR) is 79.0 cm³/mol. The molecular weight excluding hydrogens is 224 g/mol. The molecule has 0 heterocycles. The molecule has 1 heteroatoms. The van der Waals surface area contributed by atoms with Gasteiger partial charge in [-0.25, -0.2) is 0 Å². The highest BCUT2D eigenvalue weighted by atomic mass is 32.2. The first kappa shape index (κ1) is 12.5. The van der Waals surface area contributed by atoms with E-state index in [1.807, 2.05) is 11.8 Å². The van der Waals surface area contributed by atoms with E-state index in [9.17, 15) is 0 Å². The molecule has 0 saturated heterocycles. The smallest absolute Gasteiger partial charge is 0.00838 e. The van der Waals surface area contributed by atoms with E-state index in [0.29, 0.717) is 11.2 Å². The molecule has 2 aromatic rings. The number of thioether (sulfide) groups is 1. The van der Waals surface area contributed by atoms with Crippen molar-refractivity contribution in [2.75, 3.05) is 0 Å². The first-order chi connectivity index (χ1) is 8.08. The molecule has 0 aliphatic carbocycles. The van der Waals surface area contributed by atoms with E-state index in [0.717, 1.165) is 0 Å². The summed E-state index contributed by atoms with van der Waals surface area (Å²) in [5.41, 5.74) is 1.46. The highest BCUT2D eigenvalue weighted by Crippen LogP contribution is 2.32. The molecule has 0 nitrogen and oxygen atoms in total. The second kappa shape index (κ2) is 5.14. The molecule has 90 valence electrons. The van der Waals surface area contributed by atoms with Crippen molar-refractivity contribution in [1.29, 1.82) is 0 Å². The van der Waals surface area contributed by atoms with Gasteiger partial charge in [-0.05, 0) is 34.4 Å². The molecule has 0 aliphatic rings. The minimum absolute atomic E-state index is 0.576. The van der Waals surface area contributed by atoms with Gasteiger partial charge in [-0.3, -0.25) is 0 Å². The van der Waals surface area contributed by atoms with Crippen molar-refractivity contribution in [3.8, 4) is 0 Å². The molecule has 2 aromatic carbocycles. The van der Waals surface area contributed by atoms with E-state index in [1.165, 1.54) is 21.2 Å². The lowest BCUT2D eigenvalue weighted by Crippen LogP contribution is -1.92. The van der Waals surface area contributed by atoms with Crippen LogP contribution in [0.25, 0.3) is 10.8 Å². The van der Waals surface area contributed by atoms with Gasteiger partial charge in [-0.15, -0.1) is 11.8 Å². The van der Waals surface area contributed by atoms with Crippen LogP contribution in [0.3, 0.4) is 0 Å². The van der Waals surface area contributed by atoms with Crippen molar-refractivity contribution in [2.45, 2.75) is 43.8 Å². The van der Waals surface area contributed by atoms with Crippen LogP contribution in [0, 0.1) is 0 Å². The van der Waals surface area contributed by atoms with Crippen molar-refractivity contribution in [1.82, 2.24) is 0 Å². The topological polar surface area (TPSA) is 0 Å². The second-order valence-electron chi connectivity index (χ2n) is 5.05. The largest absolute Gasteiger partial charge is 0.123 e. The van der Waals surface area contributed by atoms with Crippen molar-refractivity contribution in [2.24, 2.45) is 0 Å². The molecule has 0 bridgehead atoms. The van der Waals surface area contributed by atoms with Gasteiger partial charge in [0.2, 0.25) is 0 Å². The van der Waals surface area contributed by atoms with Crippen LogP contribution in [0.15, 0.2) is 41.3 Å². The SMILES string of the molecule is CC(C)Sc1cc(C(C)C)c2ccccc2c1. The van der Waals surface area contributed by atoms with E-state index in [-0.39, 0.29) is 0 Å². The summed E-state index contributed by atoms with van der Waals surface area (Å²) in [6, 6.07) is 13.4. The normalized spacial score (nSPS) is 11.6. The summed E-state index contributed by atoms with van der Waals surface area (Å²) in [6.45, 7) is 9.03. The summed E-state index contributed by atoms with van der Waals surface area (Å²) in [6.07, 6.45) is 0. The summed E-state index contributed by atoms with van der Waals surface area (Å²) in [5, 5.41) is 3.40. The van der Waals surface area contributed by atoms with E-state index in [2.05, 4.69) is 64.1 Å². The van der Waals surface area contributed by atoms with E-state index >= 15 is 0 Å². The Balaban J connectivity index is 2.58. The molecule has 0 fully saturated rings. The Kier molecular flexibility index (Phi) is 3.78. The van der Waals surface area contributed by atoms with Crippen LogP contribution in [0.4, 0.5) is 0 Å². The molecule has 0 aliphatic heterocycles. The number of fused-ring (bicyclic) bond motifs is 1. The van der Waals surface area contributed by atoms with Gasteiger partial charge in [0, 0.05) is 10.1 Å². The van der Waals surface area contributed by atoms with Gasteiger partial charge in [0.05, 0.1) is 0 Å². The minimum atomic E-state index is 0.576. The fourth-order valence-corrected chi connectivity index (χ4v) is 3.06. The lowest BCUT2D eigenvalue weighted by Gasteiger charge is -2.14. The molecule has 2 rings (SSSR count). The number of hydrogen-bond acceptors (Lipinski definition) is 1. The Morgan fingerprint density at radius 2 is 1.65 bits per heavy atom. The third-order valence-electron chi connectivity index (χ3n) is 2.86. The number of rotatable bonds is 3. The van der Waals surface area contributed by atoms with Crippen molar-refractivity contribution < 1.29 is 0 Å². The number of hydrogen-bond donors (Lipinski definition) is 0. The van der Waals surface area contributed by atoms with Crippen LogP contribution in [0.5, 0.6) is 0 Å². The highest BCUT2D eigenvalue weighted by Gasteiger charge is 2.08. The molecule has 0 atom stereocenters. The molecule has 0 unspecified atom stereocenters. The monoisotopic (exact) mass is 244 g/mol. The Bertz CT molecular complexity index is 512. The van der Waals surface area contributed by atoms with Crippen molar-refractivity contribution in [3.63, 3.8) is 0 Å². The summed E-state index contributed by atoms with van der Waals surface area (Å²) in [7, 11) is 0. The van der Waals surface area contributed by atoms with Crippen LogP contribution in [0.2, 0.25) is 0 Å². The molecule has 0 amide bonds. The molecule has 0 aromatic heterocycles. The Morgan fingerprint density at radius 3 is 2.29 bits per heavy atom. The zero-order chi connectivity index (χ0) is 12.4. The maximum atomic E-state index is 2.36.